The molecule has 0 saturated heterocycles. The van der Waals surface area contributed by atoms with E-state index in [1.54, 1.807) is 11.6 Å². The third kappa shape index (κ3) is 6.10. The van der Waals surface area contributed by atoms with Gasteiger partial charge in [-0.3, -0.25) is 19.4 Å². The lowest BCUT2D eigenvalue weighted by molar-refractivity contribution is -0.118. The number of nitrogens with one attached hydrogen (secondary N) is 2. The Bertz CT molecular complexity index is 1370. The molecule has 2 N–H and O–H groups in total. The SMILES string of the molecule is CCC(=O)CCCCC[C@H](NC(=O)c1cncs1)c1ncc(-c2cc3cc(C)ccc3[nH]c2=O)o1. The Kier molecular flexibility index (Phi) is 7.87. The Morgan fingerprint density at radius 1 is 1.17 bits per heavy atom. The van der Waals surface area contributed by atoms with Gasteiger partial charge in [0, 0.05) is 18.4 Å². The zero-order valence-electron chi connectivity index (χ0n) is 19.8. The molecule has 3 aromatic heterocycles. The molecule has 4 rings (SSSR count). The summed E-state index contributed by atoms with van der Waals surface area (Å²) in [5.41, 5.74) is 3.55. The number of ketones is 1. The van der Waals surface area contributed by atoms with E-state index in [0.29, 0.717) is 41.4 Å². The quantitative estimate of drug-likeness (QED) is 0.273. The number of H-pyrrole nitrogens is 1. The number of carbonyl (C=O) groups excluding carboxylic acids is 2. The van der Waals surface area contributed by atoms with Crippen molar-refractivity contribution in [1.29, 1.82) is 0 Å². The maximum Gasteiger partial charge on any atom is 0.263 e. The van der Waals surface area contributed by atoms with E-state index in [1.807, 2.05) is 32.0 Å². The summed E-state index contributed by atoms with van der Waals surface area (Å²) >= 11 is 1.25. The number of oxazole rings is 1. The van der Waals surface area contributed by atoms with Gasteiger partial charge in [-0.2, -0.15) is 0 Å². The Morgan fingerprint density at radius 3 is 2.80 bits per heavy atom. The topological polar surface area (TPSA) is 118 Å². The normalized spacial score (nSPS) is 12.1. The van der Waals surface area contributed by atoms with Crippen LogP contribution in [0.15, 0.2) is 51.4 Å². The van der Waals surface area contributed by atoms with Gasteiger partial charge in [0.2, 0.25) is 5.89 Å². The van der Waals surface area contributed by atoms with E-state index >= 15 is 0 Å². The minimum Gasteiger partial charge on any atom is -0.438 e. The monoisotopic (exact) mass is 492 g/mol. The maximum atomic E-state index is 12.7. The van der Waals surface area contributed by atoms with Gasteiger partial charge in [0.05, 0.1) is 23.5 Å². The summed E-state index contributed by atoms with van der Waals surface area (Å²) in [6.45, 7) is 3.86. The van der Waals surface area contributed by atoms with Crippen molar-refractivity contribution in [2.24, 2.45) is 0 Å². The first kappa shape index (κ1) is 24.5. The van der Waals surface area contributed by atoms with Crippen LogP contribution in [0.1, 0.15) is 72.6 Å². The number of fused-ring (bicyclic) bond motifs is 1. The second-order valence-electron chi connectivity index (χ2n) is 8.55. The van der Waals surface area contributed by atoms with Gasteiger partial charge in [0.15, 0.2) is 5.76 Å². The average Bonchev–Trinajstić information content (AvgIpc) is 3.55. The molecule has 0 aliphatic heterocycles. The fraction of sp³-hybridized carbons (Fsp3) is 0.346. The number of aryl methyl sites for hydroxylation is 1. The summed E-state index contributed by atoms with van der Waals surface area (Å²) in [4.78, 5) is 48.7. The average molecular weight is 493 g/mol. The van der Waals surface area contributed by atoms with E-state index in [-0.39, 0.29) is 17.2 Å². The second-order valence-corrected chi connectivity index (χ2v) is 9.44. The lowest BCUT2D eigenvalue weighted by atomic mass is 10.0. The van der Waals surface area contributed by atoms with Gasteiger partial charge in [0.25, 0.3) is 11.5 Å². The molecule has 1 aromatic carbocycles. The fourth-order valence-corrected chi connectivity index (χ4v) is 4.44. The van der Waals surface area contributed by atoms with E-state index in [0.717, 1.165) is 35.7 Å². The van der Waals surface area contributed by atoms with Crippen LogP contribution in [0.4, 0.5) is 0 Å². The van der Waals surface area contributed by atoms with Gasteiger partial charge < -0.3 is 14.7 Å². The predicted octanol–water partition coefficient (Wildman–Crippen LogP) is 5.35. The highest BCUT2D eigenvalue weighted by molar-refractivity contribution is 7.11. The number of aromatic nitrogens is 3. The maximum absolute atomic E-state index is 12.7. The predicted molar refractivity (Wildman–Crippen MR) is 136 cm³/mol. The molecule has 0 spiro atoms. The first-order valence-corrected chi connectivity index (χ1v) is 12.6. The third-order valence-electron chi connectivity index (χ3n) is 5.89. The molecular formula is C26H28N4O4S. The van der Waals surface area contributed by atoms with E-state index in [9.17, 15) is 14.4 Å². The van der Waals surface area contributed by atoms with Gasteiger partial charge in [-0.05, 0) is 43.4 Å². The number of carbonyl (C=O) groups is 2. The van der Waals surface area contributed by atoms with Crippen LogP contribution in [-0.2, 0) is 4.79 Å². The number of benzene rings is 1. The van der Waals surface area contributed by atoms with Gasteiger partial charge in [-0.1, -0.05) is 31.4 Å². The van der Waals surface area contributed by atoms with E-state index in [2.05, 4.69) is 20.3 Å². The second kappa shape index (κ2) is 11.2. The molecule has 8 nitrogen and oxygen atoms in total. The first-order valence-electron chi connectivity index (χ1n) is 11.8. The molecule has 0 aliphatic carbocycles. The minimum atomic E-state index is -0.470. The molecule has 1 atom stereocenters. The van der Waals surface area contributed by atoms with Gasteiger partial charge in [0.1, 0.15) is 16.7 Å². The zero-order chi connectivity index (χ0) is 24.8. The lowest BCUT2D eigenvalue weighted by Crippen LogP contribution is -2.28. The third-order valence-corrected chi connectivity index (χ3v) is 6.66. The number of nitrogens with zero attached hydrogens (tertiary/aromatic N) is 2. The molecule has 0 aliphatic rings. The molecule has 182 valence electrons. The van der Waals surface area contributed by atoms with Gasteiger partial charge in [-0.25, -0.2) is 4.98 Å². The summed E-state index contributed by atoms with van der Waals surface area (Å²) < 4.78 is 6.01. The van der Waals surface area contributed by atoms with Crippen LogP contribution in [-0.4, -0.2) is 26.6 Å². The molecule has 0 saturated carbocycles. The van der Waals surface area contributed by atoms with Crippen LogP contribution < -0.4 is 10.9 Å². The summed E-state index contributed by atoms with van der Waals surface area (Å²) in [6.07, 6.45) is 7.22. The lowest BCUT2D eigenvalue weighted by Gasteiger charge is -2.15. The van der Waals surface area contributed by atoms with Crippen LogP contribution in [0.5, 0.6) is 0 Å². The van der Waals surface area contributed by atoms with Crippen LogP contribution in [0.3, 0.4) is 0 Å². The summed E-state index contributed by atoms with van der Waals surface area (Å²) in [6, 6.07) is 7.14. The van der Waals surface area contributed by atoms with Gasteiger partial charge in [-0.15, -0.1) is 11.3 Å². The number of thiazole rings is 1. The summed E-state index contributed by atoms with van der Waals surface area (Å²) in [7, 11) is 0. The molecule has 3 heterocycles. The van der Waals surface area contributed by atoms with Crippen molar-refractivity contribution in [2.75, 3.05) is 0 Å². The molecule has 0 radical (unpaired) electrons. The number of pyridine rings is 1. The first-order chi connectivity index (χ1) is 16.9. The number of amides is 1. The number of Topliss-reactive ketones (excluding diaryl/α,β-unsaturated/α-hetero) is 1. The van der Waals surface area contributed by atoms with Crippen molar-refractivity contribution < 1.29 is 14.0 Å². The Morgan fingerprint density at radius 2 is 2.03 bits per heavy atom. The Hall–Kier alpha value is -3.59. The van der Waals surface area contributed by atoms with Crippen molar-refractivity contribution in [2.45, 2.75) is 58.4 Å². The Labute approximate surface area is 206 Å². The van der Waals surface area contributed by atoms with Crippen molar-refractivity contribution in [1.82, 2.24) is 20.3 Å². The molecular weight excluding hydrogens is 464 g/mol. The van der Waals surface area contributed by atoms with Crippen LogP contribution >= 0.6 is 11.3 Å². The van der Waals surface area contributed by atoms with E-state index < -0.39 is 6.04 Å². The minimum absolute atomic E-state index is 0.252. The number of aromatic amines is 1. The van der Waals surface area contributed by atoms with Crippen molar-refractivity contribution >= 4 is 33.9 Å². The highest BCUT2D eigenvalue weighted by Crippen LogP contribution is 2.26. The largest absolute Gasteiger partial charge is 0.438 e. The van der Waals surface area contributed by atoms with E-state index in [4.69, 9.17) is 4.42 Å². The standard InChI is InChI=1S/C26H28N4O4S/c1-3-18(31)7-5-4-6-8-21(30-25(33)23-14-27-15-35-23)26-28-13-22(34-26)19-12-17-11-16(2)9-10-20(17)29-24(19)32/h9-15,21H,3-8H2,1-2H3,(H,29,32)(H,30,33)/t21-/m0/s1. The number of unbranched alkanes of at least 4 members (excludes halogenated alkanes) is 2. The summed E-state index contributed by atoms with van der Waals surface area (Å²) in [5, 5.41) is 3.88. The van der Waals surface area contributed by atoms with Crippen molar-refractivity contribution in [3.63, 3.8) is 0 Å². The van der Waals surface area contributed by atoms with E-state index in [1.165, 1.54) is 23.7 Å². The van der Waals surface area contributed by atoms with Gasteiger partial charge >= 0.3 is 0 Å². The molecule has 0 bridgehead atoms. The fourth-order valence-electron chi connectivity index (χ4n) is 3.92. The summed E-state index contributed by atoms with van der Waals surface area (Å²) in [5.74, 6) is 0.687. The molecule has 35 heavy (non-hydrogen) atoms. The van der Waals surface area contributed by atoms with Crippen molar-refractivity contribution in [3.8, 4) is 11.3 Å². The van der Waals surface area contributed by atoms with Crippen LogP contribution in [0.25, 0.3) is 22.2 Å². The van der Waals surface area contributed by atoms with Crippen molar-refractivity contribution in [3.05, 3.63) is 68.9 Å². The molecule has 1 amide bonds. The number of rotatable bonds is 11. The zero-order valence-corrected chi connectivity index (χ0v) is 20.6. The Balaban J connectivity index is 1.54. The number of hydrogen-bond donors (Lipinski definition) is 2. The van der Waals surface area contributed by atoms with Crippen LogP contribution in [0.2, 0.25) is 0 Å². The smallest absolute Gasteiger partial charge is 0.263 e. The van der Waals surface area contributed by atoms with Crippen LogP contribution in [0, 0.1) is 6.92 Å². The number of hydrogen-bond acceptors (Lipinski definition) is 7. The highest BCUT2D eigenvalue weighted by atomic mass is 32.1. The molecule has 0 fully saturated rings. The highest BCUT2D eigenvalue weighted by Gasteiger charge is 2.22. The molecule has 4 aromatic rings. The molecule has 9 heteroatoms. The molecule has 0 unspecified atom stereocenters.